The Morgan fingerprint density at radius 1 is 0.696 bits per heavy atom. The third kappa shape index (κ3) is 3.89. The zero-order valence-corrected chi connectivity index (χ0v) is 13.2. The molecule has 114 valence electrons. The molecule has 23 heavy (non-hydrogen) atoms. The summed E-state index contributed by atoms with van der Waals surface area (Å²) in [6.07, 6.45) is 4.43. The average molecular weight is 300 g/mol. The van der Waals surface area contributed by atoms with Crippen molar-refractivity contribution in [1.82, 2.24) is 0 Å². The Labute approximate surface area is 137 Å². The highest BCUT2D eigenvalue weighted by atomic mass is 16.5. The first-order valence-corrected chi connectivity index (χ1v) is 7.79. The van der Waals surface area contributed by atoms with Crippen LogP contribution in [0.25, 0.3) is 6.08 Å². The van der Waals surface area contributed by atoms with Crippen LogP contribution in [-0.2, 0) is 0 Å². The van der Waals surface area contributed by atoms with Gasteiger partial charge in [-0.15, -0.1) is 0 Å². The molecule has 0 radical (unpaired) electrons. The Balaban J connectivity index is 1.91. The molecule has 0 fully saturated rings. The molecule has 0 heterocycles. The summed E-state index contributed by atoms with van der Waals surface area (Å²) in [4.78, 5) is 0. The van der Waals surface area contributed by atoms with E-state index in [0.29, 0.717) is 0 Å². The topological polar surface area (TPSA) is 9.23 Å². The van der Waals surface area contributed by atoms with E-state index in [4.69, 9.17) is 4.74 Å². The molecule has 0 bridgehead atoms. The summed E-state index contributed by atoms with van der Waals surface area (Å²) in [6.45, 7) is 0. The third-order valence-corrected chi connectivity index (χ3v) is 3.91. The fourth-order valence-electron chi connectivity index (χ4n) is 2.66. The van der Waals surface area contributed by atoms with Crippen molar-refractivity contribution in [3.05, 3.63) is 108 Å². The van der Waals surface area contributed by atoms with Crippen LogP contribution in [0, 0.1) is 0 Å². The zero-order chi connectivity index (χ0) is 15.9. The highest BCUT2D eigenvalue weighted by Gasteiger charge is 2.09. The Kier molecular flexibility index (Phi) is 4.90. The summed E-state index contributed by atoms with van der Waals surface area (Å²) in [5.41, 5.74) is 3.76. The van der Waals surface area contributed by atoms with Gasteiger partial charge in [-0.1, -0.05) is 84.9 Å². The number of allylic oxidation sites excluding steroid dienone is 1. The van der Waals surface area contributed by atoms with Gasteiger partial charge in [-0.3, -0.25) is 0 Å². The molecule has 0 aliphatic carbocycles. The molecule has 0 spiro atoms. The highest BCUT2D eigenvalue weighted by molar-refractivity contribution is 5.54. The van der Waals surface area contributed by atoms with Gasteiger partial charge >= 0.3 is 0 Å². The van der Waals surface area contributed by atoms with Gasteiger partial charge in [0.1, 0.15) is 5.75 Å². The molecule has 1 heteroatoms. The predicted octanol–water partition coefficient (Wildman–Crippen LogP) is 5.54. The van der Waals surface area contributed by atoms with Crippen molar-refractivity contribution in [3.8, 4) is 5.75 Å². The normalized spacial score (nSPS) is 11.0. The lowest BCUT2D eigenvalue weighted by Crippen LogP contribution is -1.97. The Bertz CT molecular complexity index is 703. The van der Waals surface area contributed by atoms with Crippen LogP contribution >= 0.6 is 0 Å². The molecule has 3 aromatic rings. The molecule has 0 saturated heterocycles. The maximum Gasteiger partial charge on any atom is 0.118 e. The van der Waals surface area contributed by atoms with E-state index in [1.807, 2.05) is 12.1 Å². The van der Waals surface area contributed by atoms with E-state index >= 15 is 0 Å². The largest absolute Gasteiger partial charge is 0.497 e. The lowest BCUT2D eigenvalue weighted by atomic mass is 9.90. The second kappa shape index (κ2) is 7.46. The minimum Gasteiger partial charge on any atom is -0.497 e. The highest BCUT2D eigenvalue weighted by Crippen LogP contribution is 2.27. The van der Waals surface area contributed by atoms with E-state index in [2.05, 4.69) is 84.9 Å². The van der Waals surface area contributed by atoms with Crippen LogP contribution in [0.2, 0.25) is 0 Å². The fourth-order valence-corrected chi connectivity index (χ4v) is 2.66. The minimum atomic E-state index is 0.250. The van der Waals surface area contributed by atoms with E-state index in [1.54, 1.807) is 7.11 Å². The first kappa shape index (κ1) is 15.1. The Hall–Kier alpha value is -2.80. The number of rotatable bonds is 5. The fraction of sp³-hybridized carbons (Fsp3) is 0.0909. The van der Waals surface area contributed by atoms with E-state index in [-0.39, 0.29) is 5.92 Å². The lowest BCUT2D eigenvalue weighted by Gasteiger charge is -2.14. The van der Waals surface area contributed by atoms with Crippen molar-refractivity contribution in [2.24, 2.45) is 0 Å². The zero-order valence-electron chi connectivity index (χ0n) is 13.2. The summed E-state index contributed by atoms with van der Waals surface area (Å²) in [5.74, 6) is 1.13. The van der Waals surface area contributed by atoms with Crippen molar-refractivity contribution in [1.29, 1.82) is 0 Å². The van der Waals surface area contributed by atoms with Crippen LogP contribution in [0.15, 0.2) is 91.0 Å². The number of methoxy groups -OCH3 is 1. The maximum absolute atomic E-state index is 5.21. The summed E-state index contributed by atoms with van der Waals surface area (Å²) in [7, 11) is 1.69. The van der Waals surface area contributed by atoms with Gasteiger partial charge in [0.25, 0.3) is 0 Å². The standard InChI is InChI=1S/C22H20O/c1-23-21-15-12-18(13-16-21)14-17-22(19-8-4-2-5-9-19)20-10-6-3-7-11-20/h2-17,22H,1H3/b17-14+. The van der Waals surface area contributed by atoms with Crippen LogP contribution in [-0.4, -0.2) is 7.11 Å². The molecule has 0 aromatic heterocycles. The van der Waals surface area contributed by atoms with Gasteiger partial charge in [0.15, 0.2) is 0 Å². The van der Waals surface area contributed by atoms with Crippen LogP contribution < -0.4 is 4.74 Å². The quantitative estimate of drug-likeness (QED) is 0.601. The van der Waals surface area contributed by atoms with Gasteiger partial charge in [0, 0.05) is 5.92 Å². The van der Waals surface area contributed by atoms with Gasteiger partial charge in [-0.2, -0.15) is 0 Å². The van der Waals surface area contributed by atoms with Crippen LogP contribution in [0.4, 0.5) is 0 Å². The second-order valence-corrected chi connectivity index (χ2v) is 5.43. The molecule has 0 saturated carbocycles. The monoisotopic (exact) mass is 300 g/mol. The van der Waals surface area contributed by atoms with Crippen LogP contribution in [0.5, 0.6) is 5.75 Å². The van der Waals surface area contributed by atoms with Gasteiger partial charge in [0.2, 0.25) is 0 Å². The van der Waals surface area contributed by atoms with Gasteiger partial charge in [0.05, 0.1) is 7.11 Å². The number of benzene rings is 3. The Morgan fingerprint density at radius 3 is 1.70 bits per heavy atom. The van der Waals surface area contributed by atoms with Gasteiger partial charge in [-0.25, -0.2) is 0 Å². The minimum absolute atomic E-state index is 0.250. The number of hydrogen-bond donors (Lipinski definition) is 0. The van der Waals surface area contributed by atoms with Crippen molar-refractivity contribution in [2.45, 2.75) is 5.92 Å². The van der Waals surface area contributed by atoms with E-state index in [1.165, 1.54) is 16.7 Å². The molecule has 3 rings (SSSR count). The predicted molar refractivity (Wildman–Crippen MR) is 96.8 cm³/mol. The van der Waals surface area contributed by atoms with Gasteiger partial charge < -0.3 is 4.74 Å². The summed E-state index contributed by atoms with van der Waals surface area (Å²) in [5, 5.41) is 0. The number of hydrogen-bond acceptors (Lipinski definition) is 1. The Morgan fingerprint density at radius 2 is 1.22 bits per heavy atom. The molecular formula is C22H20O. The first-order chi connectivity index (χ1) is 11.4. The molecule has 1 nitrogen and oxygen atoms in total. The van der Waals surface area contributed by atoms with Crippen LogP contribution in [0.3, 0.4) is 0 Å². The average Bonchev–Trinajstić information content (AvgIpc) is 2.64. The van der Waals surface area contributed by atoms with Crippen molar-refractivity contribution in [3.63, 3.8) is 0 Å². The van der Waals surface area contributed by atoms with Crippen LogP contribution in [0.1, 0.15) is 22.6 Å². The van der Waals surface area contributed by atoms with Crippen molar-refractivity contribution < 1.29 is 4.74 Å². The molecular weight excluding hydrogens is 280 g/mol. The molecule has 0 aliphatic rings. The lowest BCUT2D eigenvalue weighted by molar-refractivity contribution is 0.415. The SMILES string of the molecule is COc1ccc(/C=C/C(c2ccccc2)c2ccccc2)cc1. The number of ether oxygens (including phenoxy) is 1. The summed E-state index contributed by atoms with van der Waals surface area (Å²) in [6, 6.07) is 29.3. The molecule has 0 N–H and O–H groups in total. The van der Waals surface area contributed by atoms with Crippen molar-refractivity contribution >= 4 is 6.08 Å². The molecule has 0 aliphatic heterocycles. The van der Waals surface area contributed by atoms with Crippen molar-refractivity contribution in [2.75, 3.05) is 7.11 Å². The molecule has 3 aromatic carbocycles. The summed E-state index contributed by atoms with van der Waals surface area (Å²) < 4.78 is 5.21. The smallest absolute Gasteiger partial charge is 0.118 e. The summed E-state index contributed by atoms with van der Waals surface area (Å²) >= 11 is 0. The van der Waals surface area contributed by atoms with E-state index in [9.17, 15) is 0 Å². The molecule has 0 unspecified atom stereocenters. The van der Waals surface area contributed by atoms with E-state index in [0.717, 1.165) is 5.75 Å². The first-order valence-electron chi connectivity index (χ1n) is 7.79. The van der Waals surface area contributed by atoms with E-state index < -0.39 is 0 Å². The van der Waals surface area contributed by atoms with Gasteiger partial charge in [-0.05, 0) is 28.8 Å². The second-order valence-electron chi connectivity index (χ2n) is 5.43. The maximum atomic E-state index is 5.21. The molecule has 0 amide bonds. The molecule has 0 atom stereocenters. The third-order valence-electron chi connectivity index (χ3n) is 3.91.